The van der Waals surface area contributed by atoms with Crippen molar-refractivity contribution in [2.45, 2.75) is 84.1 Å². The molecule has 0 fully saturated rings. The molecule has 3 amide bonds. The van der Waals surface area contributed by atoms with Crippen molar-refractivity contribution in [2.75, 3.05) is 24.6 Å². The number of nitrogens with one attached hydrogen (secondary N) is 2. The van der Waals surface area contributed by atoms with Gasteiger partial charge in [0.2, 0.25) is 17.8 Å². The number of aryl methyl sites for hydroxylation is 1. The maximum absolute atomic E-state index is 13.2. The zero-order chi connectivity index (χ0) is 35.5. The number of aromatic nitrogens is 4. The van der Waals surface area contributed by atoms with Crippen molar-refractivity contribution < 1.29 is 33.8 Å². The number of carboxylic acids is 1. The van der Waals surface area contributed by atoms with E-state index < -0.39 is 43.6 Å². The molecule has 1 aromatic carbocycles. The Morgan fingerprint density at radius 1 is 1.08 bits per heavy atom. The van der Waals surface area contributed by atoms with E-state index in [1.54, 1.807) is 67.8 Å². The third kappa shape index (κ3) is 12.6. The number of carbonyl (C=O) groups excluding carboxylic acids is 3. The second-order valence-electron chi connectivity index (χ2n) is 13.7. The van der Waals surface area contributed by atoms with Gasteiger partial charge in [-0.25, -0.2) is 14.7 Å². The SMILES string of the molecule is Cn1nccc1-c1cccc([C@H](CC(=O)O)NC(=O)CNC(=O)CCCN(C(=O)OC(C)(C)C)c2nccn2COCC[Si](C)(C)C)c1. The molecule has 1 atom stereocenters. The number of imidazole rings is 1. The first-order chi connectivity index (χ1) is 22.5. The van der Waals surface area contributed by atoms with E-state index in [4.69, 9.17) is 9.47 Å². The highest BCUT2D eigenvalue weighted by Gasteiger charge is 2.27. The predicted octanol–water partition coefficient (Wildman–Crippen LogP) is 4.57. The maximum Gasteiger partial charge on any atom is 0.417 e. The molecule has 0 aliphatic heterocycles. The summed E-state index contributed by atoms with van der Waals surface area (Å²) in [5.74, 6) is -1.68. The summed E-state index contributed by atoms with van der Waals surface area (Å²) in [7, 11) is 0.533. The van der Waals surface area contributed by atoms with E-state index in [2.05, 4.69) is 40.4 Å². The van der Waals surface area contributed by atoms with E-state index in [0.29, 0.717) is 18.1 Å². The lowest BCUT2D eigenvalue weighted by molar-refractivity contribution is -0.138. The summed E-state index contributed by atoms with van der Waals surface area (Å²) >= 11 is 0. The molecule has 262 valence electrons. The van der Waals surface area contributed by atoms with E-state index >= 15 is 0 Å². The number of anilines is 1. The van der Waals surface area contributed by atoms with Gasteiger partial charge >= 0.3 is 12.1 Å². The summed E-state index contributed by atoms with van der Waals surface area (Å²) < 4.78 is 14.9. The molecule has 0 radical (unpaired) electrons. The summed E-state index contributed by atoms with van der Waals surface area (Å²) in [6.07, 6.45) is 4.30. The highest BCUT2D eigenvalue weighted by molar-refractivity contribution is 6.76. The fourth-order valence-corrected chi connectivity index (χ4v) is 5.44. The molecule has 0 aliphatic rings. The van der Waals surface area contributed by atoms with Crippen LogP contribution in [0.2, 0.25) is 25.7 Å². The highest BCUT2D eigenvalue weighted by Crippen LogP contribution is 2.25. The van der Waals surface area contributed by atoms with E-state index in [-0.39, 0.29) is 39.1 Å². The van der Waals surface area contributed by atoms with Gasteiger partial charge in [-0.15, -0.1) is 0 Å². The number of carbonyl (C=O) groups is 4. The van der Waals surface area contributed by atoms with Gasteiger partial charge < -0.3 is 25.2 Å². The van der Waals surface area contributed by atoms with Crippen LogP contribution in [0.4, 0.5) is 10.7 Å². The van der Waals surface area contributed by atoms with Crippen molar-refractivity contribution in [2.24, 2.45) is 7.05 Å². The predicted molar refractivity (Wildman–Crippen MR) is 184 cm³/mol. The van der Waals surface area contributed by atoms with Crippen LogP contribution in [0.15, 0.2) is 48.9 Å². The summed E-state index contributed by atoms with van der Waals surface area (Å²) in [6, 6.07) is 9.24. The van der Waals surface area contributed by atoms with Crippen LogP contribution in [0.3, 0.4) is 0 Å². The Bertz CT molecular complexity index is 1540. The summed E-state index contributed by atoms with van der Waals surface area (Å²) in [5.41, 5.74) is 1.52. The molecule has 3 aromatic rings. The van der Waals surface area contributed by atoms with Gasteiger partial charge in [-0.2, -0.15) is 5.10 Å². The van der Waals surface area contributed by atoms with Crippen molar-refractivity contribution in [3.63, 3.8) is 0 Å². The normalized spacial score (nSPS) is 12.3. The van der Waals surface area contributed by atoms with E-state index in [0.717, 1.165) is 17.3 Å². The zero-order valence-electron chi connectivity index (χ0n) is 29.0. The molecule has 0 saturated heterocycles. The molecule has 2 aromatic heterocycles. The maximum atomic E-state index is 13.2. The van der Waals surface area contributed by atoms with Crippen LogP contribution in [-0.4, -0.2) is 81.7 Å². The molecule has 3 rings (SSSR count). The molecule has 3 N–H and O–H groups in total. The first-order valence-corrected chi connectivity index (χ1v) is 19.7. The van der Waals surface area contributed by atoms with Gasteiger partial charge in [0.15, 0.2) is 0 Å². The Morgan fingerprint density at radius 3 is 2.48 bits per heavy atom. The topological polar surface area (TPSA) is 170 Å². The van der Waals surface area contributed by atoms with Gasteiger partial charge in [-0.05, 0) is 50.9 Å². The lowest BCUT2D eigenvalue weighted by Crippen LogP contribution is -2.40. The van der Waals surface area contributed by atoms with Crippen LogP contribution in [0, 0.1) is 0 Å². The molecular weight excluding hydrogens is 634 g/mol. The Hall–Kier alpha value is -4.50. The molecule has 2 heterocycles. The van der Waals surface area contributed by atoms with Gasteiger partial charge in [-0.1, -0.05) is 37.8 Å². The van der Waals surface area contributed by atoms with Crippen LogP contribution < -0.4 is 15.5 Å². The van der Waals surface area contributed by atoms with Gasteiger partial charge in [0.25, 0.3) is 0 Å². The van der Waals surface area contributed by atoms with Gasteiger partial charge in [0.05, 0.1) is 24.7 Å². The third-order valence-electron chi connectivity index (χ3n) is 7.13. The summed E-state index contributed by atoms with van der Waals surface area (Å²) in [5, 5.41) is 19.0. The molecule has 0 bridgehead atoms. The number of amides is 3. The number of carboxylic acid groups (broad SMARTS) is 1. The first kappa shape index (κ1) is 37.9. The van der Waals surface area contributed by atoms with Gasteiger partial charge in [0.1, 0.15) is 12.3 Å². The number of nitrogens with zero attached hydrogens (tertiary/aromatic N) is 5. The quantitative estimate of drug-likeness (QED) is 0.136. The van der Waals surface area contributed by atoms with Crippen molar-refractivity contribution in [3.05, 3.63) is 54.5 Å². The number of aliphatic carboxylic acids is 1. The minimum absolute atomic E-state index is 0.0191. The second-order valence-corrected chi connectivity index (χ2v) is 19.4. The second kappa shape index (κ2) is 17.1. The van der Waals surface area contributed by atoms with Gasteiger partial charge in [-0.3, -0.25) is 23.6 Å². The molecule has 0 aliphatic carbocycles. The number of rotatable bonds is 17. The monoisotopic (exact) mass is 683 g/mol. The Kier molecular flexibility index (Phi) is 13.5. The third-order valence-corrected chi connectivity index (χ3v) is 8.83. The van der Waals surface area contributed by atoms with Crippen molar-refractivity contribution >= 4 is 37.9 Å². The Balaban J connectivity index is 1.57. The first-order valence-electron chi connectivity index (χ1n) is 16.0. The average molecular weight is 684 g/mol. The van der Waals surface area contributed by atoms with E-state index in [1.165, 1.54) is 4.90 Å². The lowest BCUT2D eigenvalue weighted by Gasteiger charge is -2.27. The van der Waals surface area contributed by atoms with Crippen LogP contribution >= 0.6 is 0 Å². The van der Waals surface area contributed by atoms with Crippen LogP contribution in [0.1, 0.15) is 51.6 Å². The Labute approximate surface area is 282 Å². The van der Waals surface area contributed by atoms with Crippen molar-refractivity contribution in [1.82, 2.24) is 30.0 Å². The minimum atomic E-state index is -1.27. The largest absolute Gasteiger partial charge is 0.481 e. The molecule has 0 spiro atoms. The molecule has 0 unspecified atom stereocenters. The number of benzene rings is 1. The van der Waals surface area contributed by atoms with E-state index in [9.17, 15) is 24.3 Å². The lowest BCUT2D eigenvalue weighted by atomic mass is 10.00. The molecule has 14 nitrogen and oxygen atoms in total. The van der Waals surface area contributed by atoms with Crippen molar-refractivity contribution in [3.8, 4) is 11.3 Å². The fraction of sp³-hybridized carbons (Fsp3) is 0.515. The molecule has 15 heteroatoms. The molecule has 0 saturated carbocycles. The summed E-state index contributed by atoms with van der Waals surface area (Å²) in [6.45, 7) is 12.7. The molecule has 48 heavy (non-hydrogen) atoms. The van der Waals surface area contributed by atoms with E-state index in [1.807, 2.05) is 18.2 Å². The summed E-state index contributed by atoms with van der Waals surface area (Å²) in [4.78, 5) is 56.1. The number of hydrogen-bond donors (Lipinski definition) is 3. The van der Waals surface area contributed by atoms with Crippen LogP contribution in [0.25, 0.3) is 11.3 Å². The van der Waals surface area contributed by atoms with Crippen molar-refractivity contribution in [1.29, 1.82) is 0 Å². The zero-order valence-corrected chi connectivity index (χ0v) is 30.0. The van der Waals surface area contributed by atoms with Gasteiger partial charge in [0, 0.05) is 58.8 Å². The van der Waals surface area contributed by atoms with Crippen LogP contribution in [0.5, 0.6) is 0 Å². The average Bonchev–Trinajstić information content (AvgIpc) is 3.63. The smallest absolute Gasteiger partial charge is 0.417 e. The minimum Gasteiger partial charge on any atom is -0.481 e. The fourth-order valence-electron chi connectivity index (χ4n) is 4.69. The highest BCUT2D eigenvalue weighted by atomic mass is 28.3. The number of hydrogen-bond acceptors (Lipinski definition) is 8. The standard InChI is InChI=1S/C33H49N7O7Si/c1-33(2,3)47-32(45)40(31-34-15-17-39(31)23-46-18-19-48(5,6)7)16-9-12-28(41)35-22-29(42)37-26(21-30(43)44)24-10-8-11-25(20-24)27-13-14-36-38(27)4/h8,10-11,13-15,17,20,26H,9,12,16,18-19,21-23H2,1-7H3,(H,35,41)(H,37,42)(H,43,44)/t26-/m0/s1. The Morgan fingerprint density at radius 2 is 1.83 bits per heavy atom. The number of ether oxygens (including phenoxy) is 2. The molecular formula is C33H49N7O7Si. The van der Waals surface area contributed by atoms with Crippen LogP contribution in [-0.2, 0) is 37.6 Å².